The fourth-order valence-electron chi connectivity index (χ4n) is 2.49. The number of hydrogen-bond acceptors (Lipinski definition) is 4. The molecule has 0 atom stereocenters. The van der Waals surface area contributed by atoms with Crippen molar-refractivity contribution in [1.82, 2.24) is 19.0 Å². The van der Waals surface area contributed by atoms with Gasteiger partial charge in [0.2, 0.25) is 0 Å². The van der Waals surface area contributed by atoms with Gasteiger partial charge in [-0.05, 0) is 25.5 Å². The zero-order valence-electron chi connectivity index (χ0n) is 14.0. The minimum atomic E-state index is -0.460. The predicted molar refractivity (Wildman–Crippen MR) is 88.7 cm³/mol. The number of aryl methyl sites for hydroxylation is 1. The Morgan fingerprint density at radius 2 is 1.87 bits per heavy atom. The highest BCUT2D eigenvalue weighted by Crippen LogP contribution is 2.09. The van der Waals surface area contributed by atoms with E-state index in [1.807, 2.05) is 6.92 Å². The van der Waals surface area contributed by atoms with E-state index >= 15 is 0 Å². The molecule has 0 spiro atoms. The first-order valence-corrected chi connectivity index (χ1v) is 7.78. The molecule has 2 rings (SSSR count). The molecule has 2 heterocycles. The smallest absolute Gasteiger partial charge is 0.332 e. The molecule has 0 saturated carbocycles. The molecule has 0 aliphatic carbocycles. The van der Waals surface area contributed by atoms with Crippen molar-refractivity contribution in [2.24, 2.45) is 14.1 Å². The SMILES string of the molecule is CCCCN(CC)C(=O)c1ccc2c(=O)n(C)c(=O)n(C)c2n1. The molecule has 0 saturated heterocycles. The maximum Gasteiger partial charge on any atom is 0.332 e. The van der Waals surface area contributed by atoms with Crippen molar-refractivity contribution < 1.29 is 4.79 Å². The number of carbonyl (C=O) groups excluding carboxylic acids is 1. The van der Waals surface area contributed by atoms with Crippen molar-refractivity contribution in [3.8, 4) is 0 Å². The summed E-state index contributed by atoms with van der Waals surface area (Å²) < 4.78 is 2.32. The van der Waals surface area contributed by atoms with Gasteiger partial charge in [0.05, 0.1) is 5.39 Å². The van der Waals surface area contributed by atoms with Crippen LogP contribution in [0.3, 0.4) is 0 Å². The van der Waals surface area contributed by atoms with Crippen LogP contribution in [0.15, 0.2) is 21.7 Å². The Morgan fingerprint density at radius 1 is 1.17 bits per heavy atom. The Bertz CT molecular complexity index is 851. The van der Waals surface area contributed by atoms with Gasteiger partial charge in [0, 0.05) is 27.2 Å². The van der Waals surface area contributed by atoms with Gasteiger partial charge in [-0.25, -0.2) is 9.78 Å². The summed E-state index contributed by atoms with van der Waals surface area (Å²) in [5.74, 6) is -0.184. The number of aromatic nitrogens is 3. The summed E-state index contributed by atoms with van der Waals surface area (Å²) >= 11 is 0. The lowest BCUT2D eigenvalue weighted by molar-refractivity contribution is 0.0756. The summed E-state index contributed by atoms with van der Waals surface area (Å²) in [4.78, 5) is 42.7. The van der Waals surface area contributed by atoms with E-state index in [4.69, 9.17) is 0 Å². The molecule has 2 aromatic rings. The van der Waals surface area contributed by atoms with Gasteiger partial charge in [0.25, 0.3) is 11.5 Å². The van der Waals surface area contributed by atoms with Gasteiger partial charge in [-0.1, -0.05) is 13.3 Å². The number of hydrogen-bond donors (Lipinski definition) is 0. The van der Waals surface area contributed by atoms with Gasteiger partial charge in [0.1, 0.15) is 11.3 Å². The Morgan fingerprint density at radius 3 is 2.48 bits per heavy atom. The molecule has 0 N–H and O–H groups in total. The number of amides is 1. The fourth-order valence-corrected chi connectivity index (χ4v) is 2.49. The molecule has 0 bridgehead atoms. The molecule has 0 aliphatic heterocycles. The third kappa shape index (κ3) is 3.04. The third-order valence-corrected chi connectivity index (χ3v) is 3.97. The maximum atomic E-state index is 12.6. The van der Waals surface area contributed by atoms with E-state index in [1.54, 1.807) is 24.1 Å². The first kappa shape index (κ1) is 16.9. The van der Waals surface area contributed by atoms with Crippen molar-refractivity contribution >= 4 is 16.9 Å². The lowest BCUT2D eigenvalue weighted by Gasteiger charge is -2.20. The van der Waals surface area contributed by atoms with E-state index in [2.05, 4.69) is 11.9 Å². The van der Waals surface area contributed by atoms with Crippen LogP contribution in [0.25, 0.3) is 11.0 Å². The van der Waals surface area contributed by atoms with Crippen molar-refractivity contribution in [3.63, 3.8) is 0 Å². The van der Waals surface area contributed by atoms with E-state index in [-0.39, 0.29) is 17.2 Å². The van der Waals surface area contributed by atoms with Crippen LogP contribution >= 0.6 is 0 Å². The average molecular weight is 318 g/mol. The first-order valence-electron chi connectivity index (χ1n) is 7.78. The first-order chi connectivity index (χ1) is 10.9. The van der Waals surface area contributed by atoms with Gasteiger partial charge < -0.3 is 4.90 Å². The topological polar surface area (TPSA) is 77.2 Å². The van der Waals surface area contributed by atoms with Gasteiger partial charge in [-0.15, -0.1) is 0 Å². The van der Waals surface area contributed by atoms with E-state index in [0.717, 1.165) is 17.4 Å². The largest absolute Gasteiger partial charge is 0.338 e. The highest BCUT2D eigenvalue weighted by Gasteiger charge is 2.17. The van der Waals surface area contributed by atoms with Gasteiger partial charge in [-0.2, -0.15) is 0 Å². The summed E-state index contributed by atoms with van der Waals surface area (Å²) in [7, 11) is 2.97. The Balaban J connectivity index is 2.54. The van der Waals surface area contributed by atoms with Gasteiger partial charge in [-0.3, -0.25) is 18.7 Å². The summed E-state index contributed by atoms with van der Waals surface area (Å²) in [5, 5.41) is 0.322. The van der Waals surface area contributed by atoms with Crippen LogP contribution in [0.1, 0.15) is 37.2 Å². The molecule has 0 aliphatic rings. The van der Waals surface area contributed by atoms with Crippen LogP contribution in [0.2, 0.25) is 0 Å². The van der Waals surface area contributed by atoms with Crippen LogP contribution in [0.4, 0.5) is 0 Å². The zero-order valence-corrected chi connectivity index (χ0v) is 14.0. The van der Waals surface area contributed by atoms with Gasteiger partial charge in [0.15, 0.2) is 0 Å². The summed E-state index contributed by atoms with van der Waals surface area (Å²) in [6, 6.07) is 3.11. The van der Waals surface area contributed by atoms with E-state index in [9.17, 15) is 14.4 Å². The number of unbranched alkanes of at least 4 members (excludes halogenated alkanes) is 1. The molecule has 0 unspecified atom stereocenters. The normalized spacial score (nSPS) is 11.0. The average Bonchev–Trinajstić information content (AvgIpc) is 2.58. The Labute approximate surface area is 134 Å². The molecule has 7 heteroatoms. The van der Waals surface area contributed by atoms with Crippen molar-refractivity contribution in [3.05, 3.63) is 38.7 Å². The van der Waals surface area contributed by atoms with Crippen LogP contribution in [-0.4, -0.2) is 38.0 Å². The highest BCUT2D eigenvalue weighted by atomic mass is 16.2. The number of nitrogens with zero attached hydrogens (tertiary/aromatic N) is 4. The number of carbonyl (C=O) groups is 1. The molecular formula is C16H22N4O3. The van der Waals surface area contributed by atoms with Crippen LogP contribution in [0, 0.1) is 0 Å². The second kappa shape index (κ2) is 6.76. The van der Waals surface area contributed by atoms with Crippen molar-refractivity contribution in [1.29, 1.82) is 0 Å². The number of rotatable bonds is 5. The quantitative estimate of drug-likeness (QED) is 0.820. The Kier molecular flexibility index (Phi) is 4.98. The minimum absolute atomic E-state index is 0.184. The predicted octanol–water partition coefficient (Wildman–Crippen LogP) is 0.894. The Hall–Kier alpha value is -2.44. The van der Waals surface area contributed by atoms with Crippen molar-refractivity contribution in [2.45, 2.75) is 26.7 Å². The molecule has 0 fully saturated rings. The lowest BCUT2D eigenvalue weighted by atomic mass is 10.2. The second-order valence-corrected chi connectivity index (χ2v) is 5.51. The molecule has 1 amide bonds. The van der Waals surface area contributed by atoms with E-state index in [0.29, 0.717) is 18.5 Å². The van der Waals surface area contributed by atoms with Crippen LogP contribution < -0.4 is 11.2 Å². The van der Waals surface area contributed by atoms with Gasteiger partial charge >= 0.3 is 5.69 Å². The van der Waals surface area contributed by atoms with E-state index in [1.165, 1.54) is 11.6 Å². The summed E-state index contributed by atoms with van der Waals surface area (Å²) in [5.41, 5.74) is -0.389. The van der Waals surface area contributed by atoms with Crippen LogP contribution in [-0.2, 0) is 14.1 Å². The lowest BCUT2D eigenvalue weighted by Crippen LogP contribution is -2.38. The number of fused-ring (bicyclic) bond motifs is 1. The molecule has 0 aromatic carbocycles. The maximum absolute atomic E-state index is 12.6. The summed E-state index contributed by atoms with van der Waals surface area (Å²) in [6.07, 6.45) is 1.92. The summed E-state index contributed by atoms with van der Waals surface area (Å²) in [6.45, 7) is 5.24. The molecule has 2 aromatic heterocycles. The molecule has 0 radical (unpaired) electrons. The van der Waals surface area contributed by atoms with Crippen LogP contribution in [0.5, 0.6) is 0 Å². The third-order valence-electron chi connectivity index (χ3n) is 3.97. The fraction of sp³-hybridized carbons (Fsp3) is 0.500. The molecule has 23 heavy (non-hydrogen) atoms. The second-order valence-electron chi connectivity index (χ2n) is 5.51. The minimum Gasteiger partial charge on any atom is -0.338 e. The molecule has 124 valence electrons. The zero-order chi connectivity index (χ0) is 17.1. The van der Waals surface area contributed by atoms with E-state index < -0.39 is 11.2 Å². The highest BCUT2D eigenvalue weighted by molar-refractivity contribution is 5.94. The molecule has 7 nitrogen and oxygen atoms in total. The monoisotopic (exact) mass is 318 g/mol. The number of pyridine rings is 1. The standard InChI is InChI=1S/C16H22N4O3/c1-5-7-10-20(6-2)15(22)12-9-8-11-13(17-12)18(3)16(23)19(4)14(11)21/h8-9H,5-7,10H2,1-4H3. The van der Waals surface area contributed by atoms with Crippen molar-refractivity contribution in [2.75, 3.05) is 13.1 Å². The molecular weight excluding hydrogens is 296 g/mol.